The molecule has 2 N–H and O–H groups in total. The Hall–Kier alpha value is -1.04. The van der Waals surface area contributed by atoms with Crippen molar-refractivity contribution in [1.82, 2.24) is 4.90 Å². The van der Waals surface area contributed by atoms with Crippen molar-refractivity contribution in [2.24, 2.45) is 5.92 Å². The van der Waals surface area contributed by atoms with E-state index in [1.807, 2.05) is 12.1 Å². The molecular formula is C15H24BNO3. The van der Waals surface area contributed by atoms with Gasteiger partial charge in [-0.25, -0.2) is 0 Å². The fourth-order valence-electron chi connectivity index (χ4n) is 3.09. The average molecular weight is 277 g/mol. The molecule has 0 spiro atoms. The molecule has 1 aromatic rings. The van der Waals surface area contributed by atoms with Crippen LogP contribution < -0.4 is 10.2 Å². The van der Waals surface area contributed by atoms with Crippen LogP contribution in [0.4, 0.5) is 0 Å². The largest absolute Gasteiger partial charge is 0.497 e. The van der Waals surface area contributed by atoms with Gasteiger partial charge >= 0.3 is 7.12 Å². The van der Waals surface area contributed by atoms with Crippen molar-refractivity contribution in [3.05, 3.63) is 23.8 Å². The zero-order valence-corrected chi connectivity index (χ0v) is 12.4. The van der Waals surface area contributed by atoms with Crippen molar-refractivity contribution in [3.63, 3.8) is 0 Å². The van der Waals surface area contributed by atoms with Gasteiger partial charge < -0.3 is 19.7 Å². The predicted octanol–water partition coefficient (Wildman–Crippen LogP) is 0.997. The molecule has 0 aromatic heterocycles. The van der Waals surface area contributed by atoms with E-state index in [1.54, 1.807) is 6.07 Å². The van der Waals surface area contributed by atoms with Crippen molar-refractivity contribution in [2.75, 3.05) is 20.7 Å². The topological polar surface area (TPSA) is 52.9 Å². The number of hydrogen-bond acceptors (Lipinski definition) is 4. The van der Waals surface area contributed by atoms with Gasteiger partial charge in [0.25, 0.3) is 0 Å². The molecule has 2 rings (SSSR count). The maximum Gasteiger partial charge on any atom is 0.492 e. The van der Waals surface area contributed by atoms with Gasteiger partial charge in [-0.1, -0.05) is 25.0 Å². The number of nitrogens with zero attached hydrogens (tertiary/aromatic N) is 1. The van der Waals surface area contributed by atoms with Crippen molar-refractivity contribution in [3.8, 4) is 5.75 Å². The van der Waals surface area contributed by atoms with E-state index in [0.717, 1.165) is 24.6 Å². The Kier molecular flexibility index (Phi) is 5.46. The summed E-state index contributed by atoms with van der Waals surface area (Å²) in [7, 11) is 2.16. The first-order valence-corrected chi connectivity index (χ1v) is 7.31. The number of ether oxygens (including phenoxy) is 1. The number of rotatable bonds is 6. The molecule has 1 saturated carbocycles. The number of methoxy groups -OCH3 is 1. The normalized spacial score (nSPS) is 15.8. The highest BCUT2D eigenvalue weighted by atomic mass is 16.5. The lowest BCUT2D eigenvalue weighted by atomic mass is 9.78. The van der Waals surface area contributed by atoms with E-state index in [9.17, 15) is 10.0 Å². The molecule has 0 unspecified atom stereocenters. The standard InChI is InChI=1S/C15H24BNO3/c1-17(10-12-5-3-4-6-12)11-13-7-8-15(20-2)14(9-13)16(18)19/h7-9,12,18-19H,3-6,10-11H2,1-2H3. The average Bonchev–Trinajstić information content (AvgIpc) is 2.91. The van der Waals surface area contributed by atoms with Crippen molar-refractivity contribution in [2.45, 2.75) is 32.2 Å². The van der Waals surface area contributed by atoms with Gasteiger partial charge in [-0.15, -0.1) is 0 Å². The third kappa shape index (κ3) is 3.98. The Morgan fingerprint density at radius 2 is 2.00 bits per heavy atom. The minimum Gasteiger partial charge on any atom is -0.497 e. The highest BCUT2D eigenvalue weighted by Crippen LogP contribution is 2.25. The first-order chi connectivity index (χ1) is 9.60. The lowest BCUT2D eigenvalue weighted by Crippen LogP contribution is -2.32. The van der Waals surface area contributed by atoms with Crippen molar-refractivity contribution < 1.29 is 14.8 Å². The predicted molar refractivity (Wildman–Crippen MR) is 81.1 cm³/mol. The van der Waals surface area contributed by atoms with E-state index in [0.29, 0.717) is 11.2 Å². The van der Waals surface area contributed by atoms with Crippen LogP contribution in [0.2, 0.25) is 0 Å². The SMILES string of the molecule is COc1ccc(CN(C)CC2CCCC2)cc1B(O)O. The summed E-state index contributed by atoms with van der Waals surface area (Å²) in [5.74, 6) is 1.34. The second-order valence-electron chi connectivity index (χ2n) is 5.80. The molecule has 1 aromatic carbocycles. The lowest BCUT2D eigenvalue weighted by Gasteiger charge is -2.21. The van der Waals surface area contributed by atoms with Crippen LogP contribution in [0.15, 0.2) is 18.2 Å². The van der Waals surface area contributed by atoms with E-state index < -0.39 is 7.12 Å². The van der Waals surface area contributed by atoms with Crippen LogP contribution in [-0.2, 0) is 6.54 Å². The van der Waals surface area contributed by atoms with Gasteiger partial charge in [0.2, 0.25) is 0 Å². The zero-order valence-electron chi connectivity index (χ0n) is 12.4. The molecule has 1 aliphatic carbocycles. The first-order valence-electron chi connectivity index (χ1n) is 7.31. The Morgan fingerprint density at radius 1 is 1.30 bits per heavy atom. The van der Waals surface area contributed by atoms with E-state index in [-0.39, 0.29) is 0 Å². The van der Waals surface area contributed by atoms with Crippen molar-refractivity contribution in [1.29, 1.82) is 0 Å². The molecule has 1 fully saturated rings. The monoisotopic (exact) mass is 277 g/mol. The minimum atomic E-state index is -1.50. The molecule has 0 bridgehead atoms. The van der Waals surface area contributed by atoms with Gasteiger partial charge in [0.05, 0.1) is 7.11 Å². The Labute approximate surface area is 121 Å². The Bertz CT molecular complexity index is 433. The molecule has 5 heteroatoms. The third-order valence-electron chi connectivity index (χ3n) is 4.07. The van der Waals surface area contributed by atoms with Gasteiger partial charge in [0, 0.05) is 18.6 Å². The molecule has 0 atom stereocenters. The van der Waals surface area contributed by atoms with Gasteiger partial charge in [-0.3, -0.25) is 0 Å². The van der Waals surface area contributed by atoms with Crippen LogP contribution in [0.25, 0.3) is 0 Å². The Balaban J connectivity index is 1.99. The minimum absolute atomic E-state index is 0.430. The Morgan fingerprint density at radius 3 is 2.60 bits per heavy atom. The second-order valence-corrected chi connectivity index (χ2v) is 5.80. The van der Waals surface area contributed by atoms with Crippen LogP contribution in [0.3, 0.4) is 0 Å². The summed E-state index contributed by atoms with van der Waals surface area (Å²) in [4.78, 5) is 2.31. The highest BCUT2D eigenvalue weighted by Gasteiger charge is 2.19. The van der Waals surface area contributed by atoms with Crippen LogP contribution in [0, 0.1) is 5.92 Å². The molecule has 0 saturated heterocycles. The molecule has 20 heavy (non-hydrogen) atoms. The quantitative estimate of drug-likeness (QED) is 0.762. The van der Waals surface area contributed by atoms with Crippen LogP contribution >= 0.6 is 0 Å². The summed E-state index contributed by atoms with van der Waals surface area (Å²) in [5.41, 5.74) is 1.51. The fraction of sp³-hybridized carbons (Fsp3) is 0.600. The summed E-state index contributed by atoms with van der Waals surface area (Å²) < 4.78 is 5.14. The molecule has 4 nitrogen and oxygen atoms in total. The number of benzene rings is 1. The van der Waals surface area contributed by atoms with Gasteiger partial charge in [0.15, 0.2) is 0 Å². The summed E-state index contributed by atoms with van der Waals surface area (Å²) in [5, 5.41) is 18.8. The summed E-state index contributed by atoms with van der Waals surface area (Å²) >= 11 is 0. The van der Waals surface area contributed by atoms with Gasteiger partial charge in [-0.2, -0.15) is 0 Å². The first kappa shape index (κ1) is 15.4. The lowest BCUT2D eigenvalue weighted by molar-refractivity contribution is 0.271. The van der Waals surface area contributed by atoms with Crippen LogP contribution in [0.5, 0.6) is 5.75 Å². The molecule has 1 aliphatic rings. The second kappa shape index (κ2) is 7.11. The smallest absolute Gasteiger partial charge is 0.492 e. The van der Waals surface area contributed by atoms with Gasteiger partial charge in [0.1, 0.15) is 5.75 Å². The molecule has 0 heterocycles. The molecule has 0 radical (unpaired) electrons. The molecule has 0 aliphatic heterocycles. The van der Waals surface area contributed by atoms with E-state index in [2.05, 4.69) is 11.9 Å². The van der Waals surface area contributed by atoms with E-state index in [4.69, 9.17) is 4.74 Å². The maximum absolute atomic E-state index is 9.39. The third-order valence-corrected chi connectivity index (χ3v) is 4.07. The van der Waals surface area contributed by atoms with Crippen molar-refractivity contribution >= 4 is 12.6 Å². The van der Waals surface area contributed by atoms with Gasteiger partial charge in [-0.05, 0) is 37.4 Å². The summed E-state index contributed by atoms with van der Waals surface area (Å²) in [6.07, 6.45) is 5.41. The van der Waals surface area contributed by atoms with E-state index in [1.165, 1.54) is 32.8 Å². The number of hydrogen-bond donors (Lipinski definition) is 2. The molecular weight excluding hydrogens is 253 g/mol. The zero-order chi connectivity index (χ0) is 14.5. The highest BCUT2D eigenvalue weighted by molar-refractivity contribution is 6.59. The maximum atomic E-state index is 9.39. The molecule has 110 valence electrons. The van der Waals surface area contributed by atoms with Crippen LogP contribution in [0.1, 0.15) is 31.2 Å². The summed E-state index contributed by atoms with van der Waals surface area (Å²) in [6, 6.07) is 5.60. The van der Waals surface area contributed by atoms with E-state index >= 15 is 0 Å². The fourth-order valence-corrected chi connectivity index (χ4v) is 3.09. The summed E-state index contributed by atoms with van der Waals surface area (Å²) in [6.45, 7) is 1.93. The molecule has 0 amide bonds. The van der Waals surface area contributed by atoms with Crippen LogP contribution in [-0.4, -0.2) is 42.8 Å².